The van der Waals surface area contributed by atoms with E-state index in [0.29, 0.717) is 12.2 Å². The van der Waals surface area contributed by atoms with Crippen LogP contribution >= 0.6 is 0 Å². The molecule has 0 aromatic heterocycles. The van der Waals surface area contributed by atoms with Crippen molar-refractivity contribution in [3.63, 3.8) is 0 Å². The average Bonchev–Trinajstić information content (AvgIpc) is 2.77. The molecule has 0 spiro atoms. The Morgan fingerprint density at radius 1 is 1.28 bits per heavy atom. The smallest absolute Gasteiger partial charge is 0.144 e. The van der Waals surface area contributed by atoms with E-state index in [2.05, 4.69) is 44.3 Å². The largest absolute Gasteiger partial charge is 0.316 e. The van der Waals surface area contributed by atoms with Crippen LogP contribution in [0.5, 0.6) is 0 Å². The third-order valence-electron chi connectivity index (χ3n) is 4.16. The molecular weight excluding hydrogens is 222 g/mol. The van der Waals surface area contributed by atoms with Gasteiger partial charge in [-0.2, -0.15) is 0 Å². The first-order valence-corrected chi connectivity index (χ1v) is 6.87. The normalized spacial score (nSPS) is 23.3. The molecule has 0 amide bonds. The molecule has 1 fully saturated rings. The highest BCUT2D eigenvalue weighted by Gasteiger charge is 2.38. The molecule has 0 aliphatic carbocycles. The number of nitrogens with one attached hydrogen (secondary N) is 1. The third kappa shape index (κ3) is 2.64. The highest BCUT2D eigenvalue weighted by Crippen LogP contribution is 2.31. The van der Waals surface area contributed by atoms with E-state index in [1.54, 1.807) is 0 Å². The molecule has 1 atom stereocenters. The van der Waals surface area contributed by atoms with Crippen LogP contribution in [0.3, 0.4) is 0 Å². The van der Waals surface area contributed by atoms with Gasteiger partial charge in [0.15, 0.2) is 0 Å². The fourth-order valence-corrected chi connectivity index (χ4v) is 3.02. The Bertz CT molecular complexity index is 424. The second kappa shape index (κ2) is 5.23. The van der Waals surface area contributed by atoms with Gasteiger partial charge in [0, 0.05) is 18.4 Å². The molecule has 1 N–H and O–H groups in total. The molecule has 1 aromatic rings. The number of ketones is 1. The summed E-state index contributed by atoms with van der Waals surface area (Å²) < 4.78 is 0. The van der Waals surface area contributed by atoms with Crippen LogP contribution in [0, 0.1) is 19.3 Å². The second-order valence-electron chi connectivity index (χ2n) is 5.66. The van der Waals surface area contributed by atoms with E-state index < -0.39 is 0 Å². The fourth-order valence-electron chi connectivity index (χ4n) is 3.02. The number of hydrogen-bond donors (Lipinski definition) is 1. The summed E-state index contributed by atoms with van der Waals surface area (Å²) in [5.74, 6) is 0.403. The molecule has 1 saturated heterocycles. The lowest BCUT2D eigenvalue weighted by Gasteiger charge is -2.25. The van der Waals surface area contributed by atoms with E-state index in [1.165, 1.54) is 11.1 Å². The molecule has 0 radical (unpaired) electrons. The van der Waals surface area contributed by atoms with Gasteiger partial charge < -0.3 is 5.32 Å². The van der Waals surface area contributed by atoms with Gasteiger partial charge in [-0.05, 0) is 38.8 Å². The summed E-state index contributed by atoms with van der Waals surface area (Å²) in [6.07, 6.45) is 2.52. The van der Waals surface area contributed by atoms with E-state index in [4.69, 9.17) is 0 Å². The summed E-state index contributed by atoms with van der Waals surface area (Å²) >= 11 is 0. The molecule has 18 heavy (non-hydrogen) atoms. The van der Waals surface area contributed by atoms with Crippen LogP contribution in [0.2, 0.25) is 0 Å². The Morgan fingerprint density at radius 2 is 1.94 bits per heavy atom. The molecule has 1 aliphatic rings. The van der Waals surface area contributed by atoms with Crippen LogP contribution in [0.4, 0.5) is 0 Å². The molecule has 2 rings (SSSR count). The van der Waals surface area contributed by atoms with Crippen LogP contribution in [0.1, 0.15) is 36.5 Å². The van der Waals surface area contributed by atoms with Crippen molar-refractivity contribution in [3.8, 4) is 0 Å². The first-order chi connectivity index (χ1) is 8.55. The molecule has 1 heterocycles. The predicted octanol–water partition coefficient (Wildman–Crippen LogP) is 2.80. The van der Waals surface area contributed by atoms with Crippen molar-refractivity contribution in [3.05, 3.63) is 34.9 Å². The van der Waals surface area contributed by atoms with E-state index in [1.807, 2.05) is 0 Å². The number of aryl methyl sites for hydroxylation is 2. The highest BCUT2D eigenvalue weighted by atomic mass is 16.1. The zero-order valence-corrected chi connectivity index (χ0v) is 11.7. The third-order valence-corrected chi connectivity index (χ3v) is 4.16. The first-order valence-electron chi connectivity index (χ1n) is 6.87. The minimum atomic E-state index is -0.113. The second-order valence-corrected chi connectivity index (χ2v) is 5.66. The van der Waals surface area contributed by atoms with Crippen molar-refractivity contribution in [2.45, 2.75) is 40.0 Å². The van der Waals surface area contributed by atoms with Crippen LogP contribution in [0.15, 0.2) is 18.2 Å². The minimum Gasteiger partial charge on any atom is -0.316 e. The molecule has 0 saturated carbocycles. The Hall–Kier alpha value is -1.15. The molecule has 2 nitrogen and oxygen atoms in total. The number of carbonyl (C=O) groups is 1. The quantitative estimate of drug-likeness (QED) is 0.883. The van der Waals surface area contributed by atoms with Gasteiger partial charge in [-0.15, -0.1) is 0 Å². The maximum atomic E-state index is 12.6. The van der Waals surface area contributed by atoms with Crippen molar-refractivity contribution in [1.82, 2.24) is 5.32 Å². The van der Waals surface area contributed by atoms with Crippen molar-refractivity contribution in [2.75, 3.05) is 13.1 Å². The maximum absolute atomic E-state index is 12.6. The molecule has 2 heteroatoms. The van der Waals surface area contributed by atoms with Crippen molar-refractivity contribution < 1.29 is 4.79 Å². The summed E-state index contributed by atoms with van der Waals surface area (Å²) in [5.41, 5.74) is 3.54. The fraction of sp³-hybridized carbons (Fsp3) is 0.562. The summed E-state index contributed by atoms with van der Waals surface area (Å²) in [4.78, 5) is 12.6. The summed E-state index contributed by atoms with van der Waals surface area (Å²) in [5, 5.41) is 3.33. The summed E-state index contributed by atoms with van der Waals surface area (Å²) in [6.45, 7) is 8.15. The predicted molar refractivity (Wildman–Crippen MR) is 74.8 cm³/mol. The number of rotatable bonds is 4. The standard InChI is InChI=1S/C16H23NO/c1-4-16(5-6-17-11-16)15(18)10-14-8-12(2)7-13(3)9-14/h7-9,17H,4-6,10-11H2,1-3H3. The number of benzene rings is 1. The Morgan fingerprint density at radius 3 is 2.44 bits per heavy atom. The van der Waals surface area contributed by atoms with Gasteiger partial charge in [0.1, 0.15) is 5.78 Å². The van der Waals surface area contributed by atoms with E-state index in [0.717, 1.165) is 31.5 Å². The molecule has 0 bridgehead atoms. The lowest BCUT2D eigenvalue weighted by atomic mass is 9.77. The Labute approximate surface area is 110 Å². The van der Waals surface area contributed by atoms with Crippen LogP contribution in [0.25, 0.3) is 0 Å². The van der Waals surface area contributed by atoms with Crippen LogP contribution in [-0.2, 0) is 11.2 Å². The zero-order chi connectivity index (χ0) is 13.2. The van der Waals surface area contributed by atoms with Crippen molar-refractivity contribution >= 4 is 5.78 Å². The van der Waals surface area contributed by atoms with Gasteiger partial charge >= 0.3 is 0 Å². The average molecular weight is 245 g/mol. The van der Waals surface area contributed by atoms with Gasteiger partial charge in [0.05, 0.1) is 0 Å². The van der Waals surface area contributed by atoms with Gasteiger partial charge in [-0.1, -0.05) is 36.2 Å². The van der Waals surface area contributed by atoms with E-state index in [9.17, 15) is 4.79 Å². The van der Waals surface area contributed by atoms with Gasteiger partial charge in [0.2, 0.25) is 0 Å². The number of carbonyl (C=O) groups excluding carboxylic acids is 1. The zero-order valence-electron chi connectivity index (χ0n) is 11.7. The van der Waals surface area contributed by atoms with Crippen molar-refractivity contribution in [2.24, 2.45) is 5.41 Å². The Balaban J connectivity index is 2.15. The van der Waals surface area contributed by atoms with Crippen LogP contribution < -0.4 is 5.32 Å². The van der Waals surface area contributed by atoms with Crippen molar-refractivity contribution in [1.29, 1.82) is 0 Å². The summed E-state index contributed by atoms with van der Waals surface area (Å²) in [7, 11) is 0. The first kappa shape index (κ1) is 13.3. The molecule has 1 aliphatic heterocycles. The van der Waals surface area contributed by atoms with E-state index in [-0.39, 0.29) is 5.41 Å². The number of hydrogen-bond acceptors (Lipinski definition) is 2. The summed E-state index contributed by atoms with van der Waals surface area (Å²) in [6, 6.07) is 6.42. The minimum absolute atomic E-state index is 0.113. The van der Waals surface area contributed by atoms with E-state index >= 15 is 0 Å². The SMILES string of the molecule is CCC1(C(=O)Cc2cc(C)cc(C)c2)CCNC1. The molecule has 1 unspecified atom stereocenters. The lowest BCUT2D eigenvalue weighted by Crippen LogP contribution is -2.34. The van der Waals surface area contributed by atoms with Gasteiger partial charge in [-0.3, -0.25) is 4.79 Å². The number of Topliss-reactive ketones (excluding diaryl/α,β-unsaturated/α-hetero) is 1. The molecule has 98 valence electrons. The molecular formula is C16H23NO. The molecule has 1 aromatic carbocycles. The van der Waals surface area contributed by atoms with Crippen LogP contribution in [-0.4, -0.2) is 18.9 Å². The highest BCUT2D eigenvalue weighted by molar-refractivity contribution is 5.87. The maximum Gasteiger partial charge on any atom is 0.144 e. The topological polar surface area (TPSA) is 29.1 Å². The van der Waals surface area contributed by atoms with Gasteiger partial charge in [-0.25, -0.2) is 0 Å². The monoisotopic (exact) mass is 245 g/mol. The van der Waals surface area contributed by atoms with Gasteiger partial charge in [0.25, 0.3) is 0 Å². The lowest BCUT2D eigenvalue weighted by molar-refractivity contribution is -0.127. The Kier molecular flexibility index (Phi) is 3.86.